The fourth-order valence-electron chi connectivity index (χ4n) is 16.4. The van der Waals surface area contributed by atoms with Gasteiger partial charge in [0.25, 0.3) is 6.71 Å². The van der Waals surface area contributed by atoms with Gasteiger partial charge >= 0.3 is 0 Å². The second kappa shape index (κ2) is 25.4. The summed E-state index contributed by atoms with van der Waals surface area (Å²) in [6.07, 6.45) is 0. The summed E-state index contributed by atoms with van der Waals surface area (Å²) in [6.45, 7) is 27.6. The lowest BCUT2D eigenvalue weighted by Crippen LogP contribution is -2.61. The molecule has 4 nitrogen and oxygen atoms in total. The van der Waals surface area contributed by atoms with Crippen molar-refractivity contribution in [2.45, 2.75) is 105 Å². The number of benzene rings is 15. The van der Waals surface area contributed by atoms with E-state index in [1.807, 2.05) is 0 Å². The molecule has 18 rings (SSSR count). The van der Waals surface area contributed by atoms with Crippen molar-refractivity contribution >= 4 is 100 Å². The maximum atomic E-state index is 6.04. The van der Waals surface area contributed by atoms with Crippen LogP contribution in [0.25, 0.3) is 122 Å². The summed E-state index contributed by atoms with van der Waals surface area (Å²) in [5, 5.41) is 9.58. The van der Waals surface area contributed by atoms with Gasteiger partial charge < -0.3 is 9.80 Å². The lowest BCUT2D eigenvalue weighted by molar-refractivity contribution is 0.568. The van der Waals surface area contributed by atoms with E-state index in [2.05, 4.69) is 402 Å². The standard InChI is InChI=1S/C102H87BN4/c1-99(2,3)83-47-80(48-84(61-83)100(4,5)6)91-63-92(105-98(104-91)82-49-85(101(7,8)9)62-86(50-82)102(10,11)12)81-59-95-97-96(60-81)107(88-53-74(66-33-21-15-22-34-66)46-75(54-88)67-35-23-16-24-36-67)94-58-79-44-71-40-28-26-38-69(71)42-77(79)56-90(94)103(97)89-55-76-41-68-37-25-27-39-70(68)43-78(76)57-93(89)106(95)87-51-72(64-29-17-13-18-30-64)45-73(52-87)65-31-19-14-20-32-65/h13-63H,1-12H3. The second-order valence-corrected chi connectivity index (χ2v) is 34.0. The quantitative estimate of drug-likeness (QED) is 0.106. The minimum Gasteiger partial charge on any atom is -0.311 e. The van der Waals surface area contributed by atoms with E-state index in [1.54, 1.807) is 0 Å². The van der Waals surface area contributed by atoms with Gasteiger partial charge in [-0.05, 0) is 263 Å². The van der Waals surface area contributed by atoms with E-state index in [1.165, 1.54) is 81.7 Å². The lowest BCUT2D eigenvalue weighted by atomic mass is 9.33. The SMILES string of the molecule is CC(C)(C)c1cc(-c2cc(-c3cc4c5c(c3)N(c3cc(-c6ccccc6)cc(-c6ccccc6)c3)c3cc6cc7ccccc7cc6cc3B5c3cc5cc6ccccc6cc5cc3N4c3cc(-c4ccccc4)cc(-c4ccccc4)c3)nc(-c3cc(C(C)(C)C)cc(C(C)(C)C)c3)n2)cc(C(C)(C)C)c1. The molecule has 0 amide bonds. The summed E-state index contributed by atoms with van der Waals surface area (Å²) in [6, 6.07) is 117. The number of fused-ring (bicyclic) bond motifs is 8. The third-order valence-corrected chi connectivity index (χ3v) is 22.4. The van der Waals surface area contributed by atoms with Crippen LogP contribution in [0.5, 0.6) is 0 Å². The molecule has 0 fully saturated rings. The van der Waals surface area contributed by atoms with Crippen LogP contribution in [0.2, 0.25) is 0 Å². The molecule has 0 aliphatic carbocycles. The monoisotopic (exact) mass is 1380 g/mol. The van der Waals surface area contributed by atoms with Gasteiger partial charge in [-0.1, -0.05) is 277 Å². The van der Waals surface area contributed by atoms with Crippen LogP contribution in [-0.4, -0.2) is 16.7 Å². The Hall–Kier alpha value is -11.9. The van der Waals surface area contributed by atoms with E-state index in [0.717, 1.165) is 107 Å². The zero-order chi connectivity index (χ0) is 73.4. The Morgan fingerprint density at radius 1 is 0.224 bits per heavy atom. The molecule has 3 heterocycles. The van der Waals surface area contributed by atoms with Crippen LogP contribution in [0.15, 0.2) is 309 Å². The van der Waals surface area contributed by atoms with Crippen molar-refractivity contribution in [1.82, 2.24) is 9.97 Å². The highest BCUT2D eigenvalue weighted by molar-refractivity contribution is 7.00. The first kappa shape index (κ1) is 67.0. The first-order chi connectivity index (χ1) is 51.5. The molecule has 0 radical (unpaired) electrons. The van der Waals surface area contributed by atoms with Crippen LogP contribution >= 0.6 is 0 Å². The maximum absolute atomic E-state index is 6.04. The van der Waals surface area contributed by atoms with Gasteiger partial charge in [0.2, 0.25) is 0 Å². The van der Waals surface area contributed by atoms with Crippen LogP contribution in [0, 0.1) is 0 Å². The first-order valence-corrected chi connectivity index (χ1v) is 37.9. The summed E-state index contributed by atoms with van der Waals surface area (Å²) in [4.78, 5) is 17.1. The number of aromatic nitrogens is 2. The highest BCUT2D eigenvalue weighted by Crippen LogP contribution is 2.51. The Morgan fingerprint density at radius 3 is 0.832 bits per heavy atom. The van der Waals surface area contributed by atoms with Crippen molar-refractivity contribution in [2.24, 2.45) is 0 Å². The Labute approximate surface area is 630 Å². The van der Waals surface area contributed by atoms with Gasteiger partial charge in [-0.15, -0.1) is 0 Å². The number of rotatable bonds is 9. The molecule has 2 aliphatic rings. The fourth-order valence-corrected chi connectivity index (χ4v) is 16.4. The smallest absolute Gasteiger partial charge is 0.252 e. The molecule has 0 N–H and O–H groups in total. The summed E-state index contributed by atoms with van der Waals surface area (Å²) < 4.78 is 0. The molecule has 0 spiro atoms. The summed E-state index contributed by atoms with van der Waals surface area (Å²) in [5.41, 5.74) is 28.4. The minimum absolute atomic E-state index is 0.151. The van der Waals surface area contributed by atoms with Crippen molar-refractivity contribution in [3.05, 3.63) is 332 Å². The van der Waals surface area contributed by atoms with Crippen LogP contribution in [0.4, 0.5) is 34.1 Å². The van der Waals surface area contributed by atoms with Gasteiger partial charge in [-0.3, -0.25) is 0 Å². The van der Waals surface area contributed by atoms with Gasteiger partial charge in [0, 0.05) is 50.8 Å². The van der Waals surface area contributed by atoms with Crippen molar-refractivity contribution in [3.63, 3.8) is 0 Å². The summed E-state index contributed by atoms with van der Waals surface area (Å²) in [7, 11) is 0. The average molecular weight is 1380 g/mol. The van der Waals surface area contributed by atoms with Crippen molar-refractivity contribution in [2.75, 3.05) is 9.80 Å². The van der Waals surface area contributed by atoms with Crippen molar-refractivity contribution in [1.29, 1.82) is 0 Å². The Balaban J connectivity index is 1.02. The zero-order valence-electron chi connectivity index (χ0n) is 63.3. The number of hydrogen-bond donors (Lipinski definition) is 0. The van der Waals surface area contributed by atoms with Crippen LogP contribution < -0.4 is 26.2 Å². The molecule has 15 aromatic carbocycles. The van der Waals surface area contributed by atoms with Crippen LogP contribution in [0.3, 0.4) is 0 Å². The van der Waals surface area contributed by atoms with Crippen molar-refractivity contribution in [3.8, 4) is 78.4 Å². The molecule has 518 valence electrons. The van der Waals surface area contributed by atoms with E-state index in [4.69, 9.17) is 9.97 Å². The third-order valence-electron chi connectivity index (χ3n) is 22.4. The highest BCUT2D eigenvalue weighted by Gasteiger charge is 2.45. The third kappa shape index (κ3) is 12.4. The van der Waals surface area contributed by atoms with E-state index in [0.29, 0.717) is 5.82 Å². The lowest BCUT2D eigenvalue weighted by Gasteiger charge is -2.45. The number of nitrogens with zero attached hydrogens (tertiary/aromatic N) is 4. The molecule has 0 saturated heterocycles. The Morgan fingerprint density at radius 2 is 0.514 bits per heavy atom. The second-order valence-electron chi connectivity index (χ2n) is 34.0. The van der Waals surface area contributed by atoms with Gasteiger partial charge in [-0.25, -0.2) is 9.97 Å². The number of hydrogen-bond acceptors (Lipinski definition) is 4. The van der Waals surface area contributed by atoms with Crippen LogP contribution in [-0.2, 0) is 21.7 Å². The molecule has 0 atom stereocenters. The topological polar surface area (TPSA) is 32.3 Å². The van der Waals surface area contributed by atoms with Gasteiger partial charge in [0.05, 0.1) is 11.4 Å². The van der Waals surface area contributed by atoms with E-state index in [-0.39, 0.29) is 28.4 Å². The zero-order valence-corrected chi connectivity index (χ0v) is 63.3. The minimum atomic E-state index is -0.251. The molecule has 5 heteroatoms. The molecular formula is C102H87BN4. The molecule has 107 heavy (non-hydrogen) atoms. The van der Waals surface area contributed by atoms with E-state index >= 15 is 0 Å². The van der Waals surface area contributed by atoms with Gasteiger partial charge in [-0.2, -0.15) is 0 Å². The number of anilines is 6. The molecule has 1 aromatic heterocycles. The maximum Gasteiger partial charge on any atom is 0.252 e. The van der Waals surface area contributed by atoms with Gasteiger partial charge in [0.15, 0.2) is 5.82 Å². The molecule has 2 aliphatic heterocycles. The van der Waals surface area contributed by atoms with E-state index in [9.17, 15) is 0 Å². The van der Waals surface area contributed by atoms with Crippen LogP contribution in [0.1, 0.15) is 105 Å². The normalized spacial score (nSPS) is 13.0. The summed E-state index contributed by atoms with van der Waals surface area (Å²) >= 11 is 0. The summed E-state index contributed by atoms with van der Waals surface area (Å²) in [5.74, 6) is 0.685. The molecular weight excluding hydrogens is 1290 g/mol. The van der Waals surface area contributed by atoms with Crippen molar-refractivity contribution < 1.29 is 0 Å². The molecule has 0 unspecified atom stereocenters. The largest absolute Gasteiger partial charge is 0.311 e. The molecule has 16 aromatic rings. The average Bonchev–Trinajstić information content (AvgIpc) is 0.687. The predicted molar refractivity (Wildman–Crippen MR) is 459 cm³/mol. The first-order valence-electron chi connectivity index (χ1n) is 37.9. The fraction of sp³-hybridized carbons (Fsp3) is 0.157. The Bertz CT molecular complexity index is 5680. The molecule has 0 saturated carbocycles. The highest BCUT2D eigenvalue weighted by atomic mass is 15.2. The Kier molecular flexibility index (Phi) is 15.9. The molecule has 0 bridgehead atoms. The predicted octanol–water partition coefficient (Wildman–Crippen LogP) is 26.0. The van der Waals surface area contributed by atoms with Gasteiger partial charge in [0.1, 0.15) is 0 Å². The van der Waals surface area contributed by atoms with E-state index < -0.39 is 0 Å².